The predicted octanol–water partition coefficient (Wildman–Crippen LogP) is 12.2. The standard InChI is InChI=1S/C47H31N3/c1-3-12-32(13-4-1)35-18-10-21-41(30-35)46-48-45(34-15-5-2-6-16-34)49-47(50-46)42-27-26-38-28-37(24-25-39(38)31-42)36-19-9-20-40(29-36)44-23-11-17-33-14-7-8-22-43(33)44/h1-31H. The smallest absolute Gasteiger partial charge is 0.164 e. The molecule has 0 saturated heterocycles. The molecule has 0 unspecified atom stereocenters. The Morgan fingerprint density at radius 2 is 0.680 bits per heavy atom. The fraction of sp³-hybridized carbons (Fsp3) is 0. The molecule has 9 rings (SSSR count). The zero-order chi connectivity index (χ0) is 33.3. The van der Waals surface area contributed by atoms with Gasteiger partial charge in [-0.15, -0.1) is 0 Å². The lowest BCUT2D eigenvalue weighted by Gasteiger charge is -2.11. The number of benzene rings is 8. The lowest BCUT2D eigenvalue weighted by Crippen LogP contribution is -2.00. The van der Waals surface area contributed by atoms with Gasteiger partial charge in [0.25, 0.3) is 0 Å². The van der Waals surface area contributed by atoms with Crippen LogP contribution in [0.2, 0.25) is 0 Å². The van der Waals surface area contributed by atoms with Crippen molar-refractivity contribution in [2.75, 3.05) is 0 Å². The molecule has 50 heavy (non-hydrogen) atoms. The maximum atomic E-state index is 5.04. The third-order valence-corrected chi connectivity index (χ3v) is 9.29. The van der Waals surface area contributed by atoms with Gasteiger partial charge in [-0.1, -0.05) is 164 Å². The summed E-state index contributed by atoms with van der Waals surface area (Å²) in [6.07, 6.45) is 0. The molecule has 1 aromatic heterocycles. The summed E-state index contributed by atoms with van der Waals surface area (Å²) < 4.78 is 0. The molecule has 0 bridgehead atoms. The topological polar surface area (TPSA) is 38.7 Å². The predicted molar refractivity (Wildman–Crippen MR) is 207 cm³/mol. The van der Waals surface area contributed by atoms with Crippen molar-refractivity contribution >= 4 is 21.5 Å². The monoisotopic (exact) mass is 637 g/mol. The molecule has 9 aromatic rings. The van der Waals surface area contributed by atoms with Gasteiger partial charge in [0.1, 0.15) is 0 Å². The van der Waals surface area contributed by atoms with Crippen LogP contribution in [0.4, 0.5) is 0 Å². The van der Waals surface area contributed by atoms with Gasteiger partial charge in [-0.2, -0.15) is 0 Å². The Bertz CT molecular complexity index is 2640. The van der Waals surface area contributed by atoms with E-state index in [4.69, 9.17) is 15.0 Å². The fourth-order valence-corrected chi connectivity index (χ4v) is 6.73. The molecule has 0 spiro atoms. The van der Waals surface area contributed by atoms with E-state index in [1.807, 2.05) is 36.4 Å². The summed E-state index contributed by atoms with van der Waals surface area (Å²) in [5.74, 6) is 1.94. The van der Waals surface area contributed by atoms with Gasteiger partial charge in [-0.3, -0.25) is 0 Å². The highest BCUT2D eigenvalue weighted by Crippen LogP contribution is 2.34. The highest BCUT2D eigenvalue weighted by Gasteiger charge is 2.14. The van der Waals surface area contributed by atoms with Crippen LogP contribution in [-0.2, 0) is 0 Å². The number of rotatable bonds is 6. The van der Waals surface area contributed by atoms with Gasteiger partial charge >= 0.3 is 0 Å². The molecule has 0 radical (unpaired) electrons. The highest BCUT2D eigenvalue weighted by molar-refractivity contribution is 5.97. The van der Waals surface area contributed by atoms with E-state index >= 15 is 0 Å². The summed E-state index contributed by atoms with van der Waals surface area (Å²) in [7, 11) is 0. The number of aromatic nitrogens is 3. The Balaban J connectivity index is 1.10. The molecule has 234 valence electrons. The van der Waals surface area contributed by atoms with E-state index in [-0.39, 0.29) is 0 Å². The average molecular weight is 638 g/mol. The second-order valence-electron chi connectivity index (χ2n) is 12.5. The molecule has 0 aliphatic rings. The molecule has 0 aliphatic carbocycles. The van der Waals surface area contributed by atoms with Crippen LogP contribution in [0.3, 0.4) is 0 Å². The Morgan fingerprint density at radius 1 is 0.240 bits per heavy atom. The molecule has 0 aliphatic heterocycles. The summed E-state index contributed by atoms with van der Waals surface area (Å²) in [6, 6.07) is 66.0. The van der Waals surface area contributed by atoms with E-state index in [9.17, 15) is 0 Å². The SMILES string of the molecule is c1ccc(-c2cccc(-c3nc(-c4ccccc4)nc(-c4ccc5cc(-c6cccc(-c7cccc8ccccc78)c6)ccc5c4)n3)c2)cc1. The average Bonchev–Trinajstić information content (AvgIpc) is 3.21. The molecule has 0 amide bonds. The van der Waals surface area contributed by atoms with Crippen molar-refractivity contribution in [3.8, 4) is 67.5 Å². The van der Waals surface area contributed by atoms with Gasteiger partial charge in [0, 0.05) is 16.7 Å². The van der Waals surface area contributed by atoms with Crippen molar-refractivity contribution in [3.05, 3.63) is 188 Å². The van der Waals surface area contributed by atoms with Crippen molar-refractivity contribution in [1.29, 1.82) is 0 Å². The first-order valence-corrected chi connectivity index (χ1v) is 16.9. The van der Waals surface area contributed by atoms with Gasteiger partial charge in [0.2, 0.25) is 0 Å². The zero-order valence-corrected chi connectivity index (χ0v) is 27.2. The van der Waals surface area contributed by atoms with Gasteiger partial charge in [0.15, 0.2) is 17.5 Å². The summed E-state index contributed by atoms with van der Waals surface area (Å²) in [5, 5.41) is 4.80. The molecule has 1 heterocycles. The molecule has 3 heteroatoms. The molecule has 0 atom stereocenters. The highest BCUT2D eigenvalue weighted by atomic mass is 15.0. The first-order chi connectivity index (χ1) is 24.7. The van der Waals surface area contributed by atoms with Crippen LogP contribution in [0.25, 0.3) is 89.1 Å². The molecule has 0 N–H and O–H groups in total. The van der Waals surface area contributed by atoms with Crippen LogP contribution in [-0.4, -0.2) is 15.0 Å². The largest absolute Gasteiger partial charge is 0.208 e. The second-order valence-corrected chi connectivity index (χ2v) is 12.5. The molecule has 8 aromatic carbocycles. The molecule has 0 fully saturated rings. The Morgan fingerprint density at radius 3 is 1.42 bits per heavy atom. The van der Waals surface area contributed by atoms with E-state index < -0.39 is 0 Å². The van der Waals surface area contributed by atoms with Crippen molar-refractivity contribution in [2.24, 2.45) is 0 Å². The normalized spacial score (nSPS) is 11.2. The number of hydrogen-bond donors (Lipinski definition) is 0. The van der Waals surface area contributed by atoms with Crippen molar-refractivity contribution in [3.63, 3.8) is 0 Å². The first-order valence-electron chi connectivity index (χ1n) is 16.9. The zero-order valence-electron chi connectivity index (χ0n) is 27.2. The van der Waals surface area contributed by atoms with E-state index in [2.05, 4.69) is 152 Å². The lowest BCUT2D eigenvalue weighted by atomic mass is 9.94. The van der Waals surface area contributed by atoms with E-state index in [0.29, 0.717) is 17.5 Å². The van der Waals surface area contributed by atoms with E-state index in [1.54, 1.807) is 0 Å². The number of fused-ring (bicyclic) bond motifs is 2. The molecular weight excluding hydrogens is 607 g/mol. The summed E-state index contributed by atoms with van der Waals surface area (Å²) in [4.78, 5) is 15.0. The minimum absolute atomic E-state index is 0.646. The van der Waals surface area contributed by atoms with Crippen LogP contribution >= 0.6 is 0 Å². The molecule has 0 saturated carbocycles. The van der Waals surface area contributed by atoms with E-state index in [0.717, 1.165) is 38.6 Å². The van der Waals surface area contributed by atoms with Crippen molar-refractivity contribution < 1.29 is 0 Å². The maximum Gasteiger partial charge on any atom is 0.164 e. The minimum Gasteiger partial charge on any atom is -0.208 e. The van der Waals surface area contributed by atoms with Crippen LogP contribution in [0.15, 0.2) is 188 Å². The summed E-state index contributed by atoms with van der Waals surface area (Å²) in [5.41, 5.74) is 9.95. The van der Waals surface area contributed by atoms with Gasteiger partial charge < -0.3 is 0 Å². The van der Waals surface area contributed by atoms with Gasteiger partial charge in [0.05, 0.1) is 0 Å². The molecule has 3 nitrogen and oxygen atoms in total. The number of hydrogen-bond acceptors (Lipinski definition) is 3. The maximum absolute atomic E-state index is 5.04. The Kier molecular flexibility index (Phi) is 7.49. The number of nitrogens with zero attached hydrogens (tertiary/aromatic N) is 3. The summed E-state index contributed by atoms with van der Waals surface area (Å²) >= 11 is 0. The second kappa shape index (κ2) is 12.7. The van der Waals surface area contributed by atoms with Gasteiger partial charge in [-0.05, 0) is 79.2 Å². The quantitative estimate of drug-likeness (QED) is 0.182. The molecular formula is C47H31N3. The van der Waals surface area contributed by atoms with Crippen LogP contribution in [0, 0.1) is 0 Å². The van der Waals surface area contributed by atoms with Crippen molar-refractivity contribution in [2.45, 2.75) is 0 Å². The Labute approximate surface area is 291 Å². The Hall–Kier alpha value is -6.71. The third kappa shape index (κ3) is 5.72. The third-order valence-electron chi connectivity index (χ3n) is 9.29. The summed E-state index contributed by atoms with van der Waals surface area (Å²) in [6.45, 7) is 0. The van der Waals surface area contributed by atoms with Crippen LogP contribution < -0.4 is 0 Å². The van der Waals surface area contributed by atoms with Crippen molar-refractivity contribution in [1.82, 2.24) is 15.0 Å². The van der Waals surface area contributed by atoms with E-state index in [1.165, 1.54) is 33.0 Å². The minimum atomic E-state index is 0.646. The fourth-order valence-electron chi connectivity index (χ4n) is 6.73. The van der Waals surface area contributed by atoms with Crippen LogP contribution in [0.5, 0.6) is 0 Å². The lowest BCUT2D eigenvalue weighted by molar-refractivity contribution is 1.07. The van der Waals surface area contributed by atoms with Crippen LogP contribution in [0.1, 0.15) is 0 Å². The van der Waals surface area contributed by atoms with Gasteiger partial charge in [-0.25, -0.2) is 15.0 Å². The first kappa shape index (κ1) is 29.4.